The van der Waals surface area contributed by atoms with Crippen LogP contribution in [0.5, 0.6) is 0 Å². The maximum Gasteiger partial charge on any atom is 0.405 e. The second-order valence-corrected chi connectivity index (χ2v) is 4.26. The third kappa shape index (κ3) is 2.91. The number of nitrogens with two attached hydrogens (primary N) is 1. The van der Waals surface area contributed by atoms with E-state index in [4.69, 9.17) is 11.1 Å². The molecular formula is C11H13F3N4. The third-order valence-corrected chi connectivity index (χ3v) is 2.69. The largest absolute Gasteiger partial charge is 0.405 e. The highest BCUT2D eigenvalue weighted by Crippen LogP contribution is 2.35. The van der Waals surface area contributed by atoms with Crippen LogP contribution in [0.3, 0.4) is 0 Å². The monoisotopic (exact) mass is 258 g/mol. The maximum absolute atomic E-state index is 12.6. The van der Waals surface area contributed by atoms with Gasteiger partial charge >= 0.3 is 6.18 Å². The molecule has 2 rings (SSSR count). The third-order valence-electron chi connectivity index (χ3n) is 2.69. The maximum atomic E-state index is 12.6. The van der Waals surface area contributed by atoms with Crippen LogP contribution in [0.25, 0.3) is 0 Å². The van der Waals surface area contributed by atoms with Crippen LogP contribution in [0.2, 0.25) is 0 Å². The average molecular weight is 258 g/mol. The molecular weight excluding hydrogens is 245 g/mol. The highest BCUT2D eigenvalue weighted by molar-refractivity contribution is 5.98. The van der Waals surface area contributed by atoms with Gasteiger partial charge in [-0.3, -0.25) is 10.4 Å². The van der Waals surface area contributed by atoms with Crippen LogP contribution >= 0.6 is 0 Å². The van der Waals surface area contributed by atoms with E-state index in [0.717, 1.165) is 12.8 Å². The van der Waals surface area contributed by atoms with Crippen molar-refractivity contribution < 1.29 is 13.2 Å². The molecule has 7 heteroatoms. The second-order valence-electron chi connectivity index (χ2n) is 4.26. The summed E-state index contributed by atoms with van der Waals surface area (Å²) in [5.74, 6) is -0.321. The van der Waals surface area contributed by atoms with Gasteiger partial charge in [-0.05, 0) is 25.0 Å². The number of nitrogens with one attached hydrogen (secondary N) is 1. The van der Waals surface area contributed by atoms with Gasteiger partial charge in [0.15, 0.2) is 0 Å². The van der Waals surface area contributed by atoms with Gasteiger partial charge in [-0.15, -0.1) is 0 Å². The number of alkyl halides is 3. The topological polar surface area (TPSA) is 66.0 Å². The van der Waals surface area contributed by atoms with E-state index in [1.165, 1.54) is 17.2 Å². The van der Waals surface area contributed by atoms with Gasteiger partial charge in [-0.2, -0.15) is 13.2 Å². The van der Waals surface area contributed by atoms with E-state index in [9.17, 15) is 13.2 Å². The minimum atomic E-state index is -4.29. The van der Waals surface area contributed by atoms with E-state index in [-0.39, 0.29) is 23.3 Å². The molecule has 0 unspecified atom stereocenters. The van der Waals surface area contributed by atoms with Gasteiger partial charge in [-0.25, -0.2) is 0 Å². The van der Waals surface area contributed by atoms with Gasteiger partial charge in [-0.1, -0.05) is 0 Å². The lowest BCUT2D eigenvalue weighted by Crippen LogP contribution is -2.37. The molecule has 0 atom stereocenters. The van der Waals surface area contributed by atoms with Crippen LogP contribution in [0.4, 0.5) is 18.9 Å². The van der Waals surface area contributed by atoms with E-state index in [1.807, 2.05) is 0 Å². The minimum absolute atomic E-state index is 0.105. The Hall–Kier alpha value is -1.79. The van der Waals surface area contributed by atoms with Crippen LogP contribution in [0.1, 0.15) is 18.5 Å². The van der Waals surface area contributed by atoms with Crippen molar-refractivity contribution in [2.24, 2.45) is 5.73 Å². The summed E-state index contributed by atoms with van der Waals surface area (Å²) in [4.78, 5) is 5.12. The number of aromatic nitrogens is 1. The van der Waals surface area contributed by atoms with Gasteiger partial charge in [0.25, 0.3) is 0 Å². The number of hydrogen-bond donors (Lipinski definition) is 2. The molecule has 0 bridgehead atoms. The lowest BCUT2D eigenvalue weighted by atomic mass is 10.2. The van der Waals surface area contributed by atoms with E-state index >= 15 is 0 Å². The van der Waals surface area contributed by atoms with Crippen molar-refractivity contribution >= 4 is 11.5 Å². The summed E-state index contributed by atoms with van der Waals surface area (Å²) in [6.07, 6.45) is -1.42. The molecule has 18 heavy (non-hydrogen) atoms. The Morgan fingerprint density at radius 3 is 2.67 bits per heavy atom. The molecule has 1 aromatic rings. The molecule has 0 aliphatic heterocycles. The first-order valence-electron chi connectivity index (χ1n) is 5.51. The Bertz CT molecular complexity index is 454. The zero-order valence-electron chi connectivity index (χ0n) is 9.54. The summed E-state index contributed by atoms with van der Waals surface area (Å²) in [6.45, 7) is -1.04. The van der Waals surface area contributed by atoms with Crippen molar-refractivity contribution in [2.45, 2.75) is 25.1 Å². The first kappa shape index (κ1) is 12.7. The zero-order chi connectivity index (χ0) is 13.3. The van der Waals surface area contributed by atoms with Crippen LogP contribution in [0, 0.1) is 5.41 Å². The molecule has 0 radical (unpaired) electrons. The Kier molecular flexibility index (Phi) is 3.14. The van der Waals surface area contributed by atoms with E-state index in [0.29, 0.717) is 0 Å². The summed E-state index contributed by atoms with van der Waals surface area (Å²) in [7, 11) is 0. The van der Waals surface area contributed by atoms with Crippen LogP contribution < -0.4 is 10.6 Å². The number of nitrogens with zero attached hydrogens (tertiary/aromatic N) is 2. The van der Waals surface area contributed by atoms with E-state index < -0.39 is 12.7 Å². The van der Waals surface area contributed by atoms with Crippen LogP contribution in [-0.4, -0.2) is 29.6 Å². The average Bonchev–Trinajstić information content (AvgIpc) is 3.08. The van der Waals surface area contributed by atoms with Crippen LogP contribution in [0.15, 0.2) is 18.3 Å². The van der Waals surface area contributed by atoms with Gasteiger partial charge in [0.1, 0.15) is 18.1 Å². The molecule has 0 aromatic carbocycles. The smallest absolute Gasteiger partial charge is 0.382 e. The molecule has 0 saturated heterocycles. The normalized spacial score (nSPS) is 15.5. The minimum Gasteiger partial charge on any atom is -0.382 e. The Balaban J connectivity index is 2.33. The van der Waals surface area contributed by atoms with Crippen LogP contribution in [-0.2, 0) is 0 Å². The van der Waals surface area contributed by atoms with Gasteiger partial charge < -0.3 is 10.6 Å². The van der Waals surface area contributed by atoms with E-state index in [1.54, 1.807) is 6.07 Å². The zero-order valence-corrected chi connectivity index (χ0v) is 9.54. The fraction of sp³-hybridized carbons (Fsp3) is 0.455. The first-order valence-corrected chi connectivity index (χ1v) is 5.51. The number of hydrogen-bond acceptors (Lipinski definition) is 3. The fourth-order valence-corrected chi connectivity index (χ4v) is 1.83. The van der Waals surface area contributed by atoms with Crippen molar-refractivity contribution in [1.82, 2.24) is 4.98 Å². The lowest BCUT2D eigenvalue weighted by Gasteiger charge is -2.27. The number of amidine groups is 1. The fourth-order valence-electron chi connectivity index (χ4n) is 1.83. The summed E-state index contributed by atoms with van der Waals surface area (Å²) >= 11 is 0. The number of nitrogen functional groups attached to an aromatic ring is 1. The molecule has 98 valence electrons. The highest BCUT2D eigenvalue weighted by atomic mass is 19.4. The molecule has 1 aromatic heterocycles. The Morgan fingerprint density at radius 1 is 1.50 bits per heavy atom. The first-order chi connectivity index (χ1) is 8.38. The van der Waals surface area contributed by atoms with E-state index in [2.05, 4.69) is 4.98 Å². The molecule has 4 nitrogen and oxygen atoms in total. The summed E-state index contributed by atoms with van der Waals surface area (Å²) < 4.78 is 37.7. The molecule has 1 saturated carbocycles. The summed E-state index contributed by atoms with van der Waals surface area (Å²) in [5, 5.41) is 7.37. The SMILES string of the molecule is N=C(N)c1ncccc1N(CC(F)(F)F)C1CC1. The van der Waals surface area contributed by atoms with Crippen molar-refractivity contribution in [1.29, 1.82) is 5.41 Å². The van der Waals surface area contributed by atoms with Crippen molar-refractivity contribution in [3.05, 3.63) is 24.0 Å². The summed E-state index contributed by atoms with van der Waals surface area (Å²) in [5.41, 5.74) is 5.74. The molecule has 0 amide bonds. The molecule has 1 heterocycles. The van der Waals surface area contributed by atoms with Crippen molar-refractivity contribution in [3.8, 4) is 0 Å². The molecule has 3 N–H and O–H groups in total. The van der Waals surface area contributed by atoms with Crippen molar-refractivity contribution in [3.63, 3.8) is 0 Å². The quantitative estimate of drug-likeness (QED) is 0.640. The lowest BCUT2D eigenvalue weighted by molar-refractivity contribution is -0.120. The van der Waals surface area contributed by atoms with Gasteiger partial charge in [0.05, 0.1) is 5.69 Å². The summed E-state index contributed by atoms with van der Waals surface area (Å²) in [6, 6.07) is 2.94. The standard InChI is InChI=1S/C11H13F3N4/c12-11(13,14)6-18(7-3-4-7)8-2-1-5-17-9(8)10(15)16/h1-2,5,7H,3-4,6H2,(H3,15,16). The Morgan fingerprint density at radius 2 is 2.17 bits per heavy atom. The number of anilines is 1. The number of pyridine rings is 1. The van der Waals surface area contributed by atoms with Gasteiger partial charge in [0.2, 0.25) is 0 Å². The predicted octanol–water partition coefficient (Wildman–Crippen LogP) is 1.90. The molecule has 1 aliphatic carbocycles. The molecule has 1 fully saturated rings. The Labute approximate surface area is 102 Å². The molecule has 0 spiro atoms. The second kappa shape index (κ2) is 4.47. The van der Waals surface area contributed by atoms with Gasteiger partial charge in [0, 0.05) is 12.2 Å². The molecule has 1 aliphatic rings. The number of rotatable bonds is 4. The predicted molar refractivity (Wildman–Crippen MR) is 61.7 cm³/mol. The highest BCUT2D eigenvalue weighted by Gasteiger charge is 2.39. The number of halogens is 3. The van der Waals surface area contributed by atoms with Crippen molar-refractivity contribution in [2.75, 3.05) is 11.4 Å².